The maximum absolute atomic E-state index is 11.1. The van der Waals surface area contributed by atoms with Gasteiger partial charge in [-0.2, -0.15) is 0 Å². The van der Waals surface area contributed by atoms with Crippen molar-refractivity contribution < 1.29 is 33.6 Å². The summed E-state index contributed by atoms with van der Waals surface area (Å²) in [6.45, 7) is 2.06. The van der Waals surface area contributed by atoms with Crippen LogP contribution in [0.2, 0.25) is 0 Å². The average Bonchev–Trinajstić information content (AvgIpc) is 2.76. The molecule has 3 rings (SSSR count). The molecule has 1 aliphatic heterocycles. The van der Waals surface area contributed by atoms with Crippen molar-refractivity contribution in [2.24, 2.45) is 0 Å². The highest BCUT2D eigenvalue weighted by molar-refractivity contribution is 5.65. The van der Waals surface area contributed by atoms with Gasteiger partial charge in [0.1, 0.15) is 18.5 Å². The summed E-state index contributed by atoms with van der Waals surface area (Å²) in [6.07, 6.45) is -2.33. The van der Waals surface area contributed by atoms with Gasteiger partial charge in [-0.3, -0.25) is 4.79 Å². The fourth-order valence-corrected chi connectivity index (χ4v) is 3.27. The monoisotopic (exact) mass is 416 g/mol. The maximum Gasteiger partial charge on any atom is 0.302 e. The number of carbonyl (C=O) groups is 1. The van der Waals surface area contributed by atoms with E-state index in [1.807, 2.05) is 54.6 Å². The minimum absolute atomic E-state index is 0.0583. The molecule has 1 fully saturated rings. The topological polar surface area (TPSA) is 83.5 Å². The molecule has 0 radical (unpaired) electrons. The van der Waals surface area contributed by atoms with Gasteiger partial charge in [0.15, 0.2) is 6.29 Å². The number of rotatable bonds is 9. The third-order valence-electron chi connectivity index (χ3n) is 4.86. The number of esters is 1. The summed E-state index contributed by atoms with van der Waals surface area (Å²) >= 11 is 0. The lowest BCUT2D eigenvalue weighted by atomic mass is 10.0. The number of aliphatic hydroxyl groups is 1. The van der Waals surface area contributed by atoms with Crippen molar-refractivity contribution in [3.63, 3.8) is 0 Å². The number of aliphatic hydroxyl groups excluding tert-OH is 1. The van der Waals surface area contributed by atoms with E-state index < -0.39 is 30.6 Å². The molecule has 0 bridgehead atoms. The van der Waals surface area contributed by atoms with E-state index in [4.69, 9.17) is 23.7 Å². The SMILES string of the molecule is COc1ccc(COC2[C@H](O)OC(COC(C)=O)C[C@H]2OCc2ccccc2)cc1. The Morgan fingerprint density at radius 1 is 1.03 bits per heavy atom. The third-order valence-corrected chi connectivity index (χ3v) is 4.86. The molecule has 1 aliphatic rings. The van der Waals surface area contributed by atoms with Gasteiger partial charge in [0.25, 0.3) is 0 Å². The molecule has 1 saturated heterocycles. The first kappa shape index (κ1) is 22.2. The fraction of sp³-hybridized carbons (Fsp3) is 0.435. The van der Waals surface area contributed by atoms with Gasteiger partial charge >= 0.3 is 5.97 Å². The molecule has 162 valence electrons. The van der Waals surface area contributed by atoms with Gasteiger partial charge in [-0.25, -0.2) is 0 Å². The number of ether oxygens (including phenoxy) is 5. The van der Waals surface area contributed by atoms with Crippen LogP contribution in [0.5, 0.6) is 5.75 Å². The quantitative estimate of drug-likeness (QED) is 0.630. The molecule has 2 aromatic rings. The van der Waals surface area contributed by atoms with Crippen LogP contribution in [-0.4, -0.2) is 49.4 Å². The minimum atomic E-state index is -1.20. The van der Waals surface area contributed by atoms with Crippen LogP contribution in [0.15, 0.2) is 54.6 Å². The number of hydrogen-bond acceptors (Lipinski definition) is 7. The van der Waals surface area contributed by atoms with Crippen LogP contribution >= 0.6 is 0 Å². The molecular formula is C23H28O7. The van der Waals surface area contributed by atoms with Gasteiger partial charge < -0.3 is 28.8 Å². The summed E-state index contributed by atoms with van der Waals surface area (Å²) in [5, 5.41) is 10.5. The van der Waals surface area contributed by atoms with Crippen molar-refractivity contribution >= 4 is 5.97 Å². The Morgan fingerprint density at radius 2 is 1.70 bits per heavy atom. The van der Waals surface area contributed by atoms with Gasteiger partial charge in [-0.1, -0.05) is 42.5 Å². The standard InChI is InChI=1S/C23H28O7/c1-16(24)27-15-20-12-21(28-13-17-6-4-3-5-7-17)22(23(25)30-20)29-14-18-8-10-19(26-2)11-9-18/h3-11,20-23,25H,12-15H2,1-2H3/t20?,21-,22?,23-/m1/s1. The van der Waals surface area contributed by atoms with Crippen molar-refractivity contribution in [1.29, 1.82) is 0 Å². The van der Waals surface area contributed by atoms with E-state index in [0.717, 1.165) is 16.9 Å². The predicted octanol–water partition coefficient (Wildman–Crippen LogP) is 2.84. The molecule has 0 aliphatic carbocycles. The Balaban J connectivity index is 1.64. The number of carbonyl (C=O) groups excluding carboxylic acids is 1. The first-order chi connectivity index (χ1) is 14.5. The van der Waals surface area contributed by atoms with Crippen LogP contribution in [0.1, 0.15) is 24.5 Å². The second kappa shape index (κ2) is 11.1. The second-order valence-corrected chi connectivity index (χ2v) is 7.15. The predicted molar refractivity (Wildman–Crippen MR) is 109 cm³/mol. The Bertz CT molecular complexity index is 778. The summed E-state index contributed by atoms with van der Waals surface area (Å²) in [5.41, 5.74) is 1.95. The Labute approximate surface area is 176 Å². The number of methoxy groups -OCH3 is 1. The van der Waals surface area contributed by atoms with Crippen LogP contribution < -0.4 is 4.74 Å². The molecule has 0 saturated carbocycles. The van der Waals surface area contributed by atoms with Crippen molar-refractivity contribution in [1.82, 2.24) is 0 Å². The van der Waals surface area contributed by atoms with Crippen LogP contribution in [0.3, 0.4) is 0 Å². The van der Waals surface area contributed by atoms with Gasteiger partial charge in [0.2, 0.25) is 0 Å². The van der Waals surface area contributed by atoms with Crippen molar-refractivity contribution in [2.75, 3.05) is 13.7 Å². The van der Waals surface area contributed by atoms with E-state index in [-0.39, 0.29) is 13.2 Å². The third kappa shape index (κ3) is 6.53. The lowest BCUT2D eigenvalue weighted by molar-refractivity contribution is -0.276. The lowest BCUT2D eigenvalue weighted by Crippen LogP contribution is -2.51. The van der Waals surface area contributed by atoms with Gasteiger partial charge in [0.05, 0.1) is 32.5 Å². The molecule has 7 heteroatoms. The number of benzene rings is 2. The summed E-state index contributed by atoms with van der Waals surface area (Å²) in [6, 6.07) is 17.3. The average molecular weight is 416 g/mol. The first-order valence-corrected chi connectivity index (χ1v) is 9.92. The molecule has 2 unspecified atom stereocenters. The summed E-state index contributed by atoms with van der Waals surface area (Å²) in [4.78, 5) is 11.1. The second-order valence-electron chi connectivity index (χ2n) is 7.15. The Morgan fingerprint density at radius 3 is 2.37 bits per heavy atom. The van der Waals surface area contributed by atoms with Gasteiger partial charge in [0, 0.05) is 13.3 Å². The van der Waals surface area contributed by atoms with E-state index in [2.05, 4.69) is 0 Å². The molecular weight excluding hydrogens is 388 g/mol. The molecule has 30 heavy (non-hydrogen) atoms. The summed E-state index contributed by atoms with van der Waals surface area (Å²) in [7, 11) is 1.61. The molecule has 4 atom stereocenters. The smallest absolute Gasteiger partial charge is 0.302 e. The highest BCUT2D eigenvalue weighted by Gasteiger charge is 2.40. The molecule has 7 nitrogen and oxygen atoms in total. The van der Waals surface area contributed by atoms with Gasteiger partial charge in [-0.15, -0.1) is 0 Å². The lowest BCUT2D eigenvalue weighted by Gasteiger charge is -2.39. The van der Waals surface area contributed by atoms with Crippen LogP contribution in [-0.2, 0) is 37.0 Å². The highest BCUT2D eigenvalue weighted by atomic mass is 16.7. The largest absolute Gasteiger partial charge is 0.497 e. The normalized spacial score (nSPS) is 23.7. The maximum atomic E-state index is 11.1. The van der Waals surface area contributed by atoms with Crippen molar-refractivity contribution in [3.8, 4) is 5.75 Å². The van der Waals surface area contributed by atoms with E-state index >= 15 is 0 Å². The van der Waals surface area contributed by atoms with E-state index in [1.54, 1.807) is 7.11 Å². The van der Waals surface area contributed by atoms with Crippen LogP contribution in [0.25, 0.3) is 0 Å². The molecule has 1 N–H and O–H groups in total. The molecule has 2 aromatic carbocycles. The Kier molecular flexibility index (Phi) is 8.21. The fourth-order valence-electron chi connectivity index (χ4n) is 3.27. The van der Waals surface area contributed by atoms with E-state index in [9.17, 15) is 9.90 Å². The van der Waals surface area contributed by atoms with E-state index in [0.29, 0.717) is 13.0 Å². The minimum Gasteiger partial charge on any atom is -0.497 e. The highest BCUT2D eigenvalue weighted by Crippen LogP contribution is 2.26. The zero-order valence-corrected chi connectivity index (χ0v) is 17.2. The van der Waals surface area contributed by atoms with Crippen LogP contribution in [0.4, 0.5) is 0 Å². The van der Waals surface area contributed by atoms with Crippen LogP contribution in [0, 0.1) is 0 Å². The van der Waals surface area contributed by atoms with E-state index in [1.165, 1.54) is 6.92 Å². The summed E-state index contributed by atoms with van der Waals surface area (Å²) < 4.78 is 27.9. The molecule has 0 amide bonds. The zero-order valence-electron chi connectivity index (χ0n) is 17.2. The molecule has 0 spiro atoms. The number of hydrogen-bond donors (Lipinski definition) is 1. The zero-order chi connectivity index (χ0) is 21.3. The van der Waals surface area contributed by atoms with Crippen molar-refractivity contribution in [3.05, 3.63) is 65.7 Å². The summed E-state index contributed by atoms with van der Waals surface area (Å²) in [5.74, 6) is 0.366. The van der Waals surface area contributed by atoms with Crippen molar-refractivity contribution in [2.45, 2.75) is 51.2 Å². The molecule has 0 aromatic heterocycles. The molecule has 1 heterocycles. The van der Waals surface area contributed by atoms with Gasteiger partial charge in [-0.05, 0) is 23.3 Å². The Hall–Kier alpha value is -2.45. The first-order valence-electron chi connectivity index (χ1n) is 9.92.